The van der Waals surface area contributed by atoms with E-state index < -0.39 is 0 Å². The van der Waals surface area contributed by atoms with Crippen LogP contribution in [0, 0.1) is 5.82 Å². The molecule has 7 heteroatoms. The Labute approximate surface area is 163 Å². The fraction of sp³-hybridized carbons (Fsp3) is 0.381. The van der Waals surface area contributed by atoms with Crippen LogP contribution in [0.4, 0.5) is 4.39 Å². The van der Waals surface area contributed by atoms with Gasteiger partial charge >= 0.3 is 0 Å². The smallest absolute Gasteiger partial charge is 0.236 e. The molecule has 0 radical (unpaired) electrons. The van der Waals surface area contributed by atoms with Crippen LogP contribution < -0.4 is 0 Å². The number of nitrogens with zero attached hydrogens (tertiary/aromatic N) is 5. The number of hydrogen-bond acceptors (Lipinski definition) is 4. The summed E-state index contributed by atoms with van der Waals surface area (Å²) < 4.78 is 15.8. The molecule has 0 unspecified atom stereocenters. The summed E-state index contributed by atoms with van der Waals surface area (Å²) in [5.41, 5.74) is 1.40. The number of fused-ring (bicyclic) bond motifs is 1. The predicted molar refractivity (Wildman–Crippen MR) is 104 cm³/mol. The molecule has 0 N–H and O–H groups in total. The molecule has 0 aliphatic carbocycles. The van der Waals surface area contributed by atoms with Gasteiger partial charge in [0, 0.05) is 31.3 Å². The van der Waals surface area contributed by atoms with Gasteiger partial charge in [-0.15, -0.1) is 10.2 Å². The third kappa shape index (κ3) is 3.89. The normalized spacial score (nSPS) is 15.8. The first kappa shape index (κ1) is 18.6. The zero-order valence-corrected chi connectivity index (χ0v) is 16.0. The fourth-order valence-electron chi connectivity index (χ4n) is 3.77. The summed E-state index contributed by atoms with van der Waals surface area (Å²) in [5, 5.41) is 8.61. The number of halogens is 1. The molecule has 146 valence electrons. The predicted octanol–water partition coefficient (Wildman–Crippen LogP) is 2.71. The van der Waals surface area contributed by atoms with Gasteiger partial charge in [0.15, 0.2) is 5.65 Å². The first-order chi connectivity index (χ1) is 13.6. The van der Waals surface area contributed by atoms with Crippen molar-refractivity contribution in [3.63, 3.8) is 0 Å². The van der Waals surface area contributed by atoms with E-state index in [0.29, 0.717) is 18.0 Å². The summed E-state index contributed by atoms with van der Waals surface area (Å²) in [7, 11) is 1.73. The quantitative estimate of drug-likeness (QED) is 0.682. The van der Waals surface area contributed by atoms with Crippen molar-refractivity contribution in [2.45, 2.75) is 25.3 Å². The van der Waals surface area contributed by atoms with Crippen molar-refractivity contribution in [1.29, 1.82) is 0 Å². The number of hydrogen-bond donors (Lipinski definition) is 0. The van der Waals surface area contributed by atoms with Crippen molar-refractivity contribution >= 4 is 11.6 Å². The van der Waals surface area contributed by atoms with Crippen LogP contribution in [0.1, 0.15) is 30.1 Å². The highest BCUT2D eigenvalue weighted by molar-refractivity contribution is 5.78. The third-order valence-corrected chi connectivity index (χ3v) is 5.44. The lowest BCUT2D eigenvalue weighted by Gasteiger charge is -2.31. The standard InChI is InChI=1S/C21H24FN5O/c1-25(14-17-6-2-3-7-18(17)22)20(28)15-26-12-9-16(10-13-26)21-24-23-19-8-4-5-11-27(19)21/h2-8,11,16H,9-10,12-15H2,1H3. The lowest BCUT2D eigenvalue weighted by molar-refractivity contribution is -0.131. The van der Waals surface area contributed by atoms with Gasteiger partial charge in [-0.2, -0.15) is 0 Å². The lowest BCUT2D eigenvalue weighted by atomic mass is 9.96. The van der Waals surface area contributed by atoms with Crippen molar-refractivity contribution in [3.8, 4) is 0 Å². The molecule has 0 atom stereocenters. The average Bonchev–Trinajstić information content (AvgIpc) is 3.14. The number of likely N-dealkylation sites (tertiary alicyclic amines) is 1. The van der Waals surface area contributed by atoms with E-state index in [-0.39, 0.29) is 18.3 Å². The molecule has 0 bridgehead atoms. The summed E-state index contributed by atoms with van der Waals surface area (Å²) in [6, 6.07) is 12.5. The number of amides is 1. The number of aromatic nitrogens is 3. The first-order valence-electron chi connectivity index (χ1n) is 9.61. The number of likely N-dealkylation sites (N-methyl/N-ethyl adjacent to an activating group) is 1. The summed E-state index contributed by atoms with van der Waals surface area (Å²) >= 11 is 0. The average molecular weight is 381 g/mol. The summed E-state index contributed by atoms with van der Waals surface area (Å²) in [4.78, 5) is 16.3. The second-order valence-corrected chi connectivity index (χ2v) is 7.38. The van der Waals surface area contributed by atoms with Gasteiger partial charge < -0.3 is 4.90 Å². The highest BCUT2D eigenvalue weighted by atomic mass is 19.1. The van der Waals surface area contributed by atoms with Crippen LogP contribution in [-0.4, -0.2) is 57.0 Å². The maximum atomic E-state index is 13.8. The van der Waals surface area contributed by atoms with Crippen LogP contribution in [0.15, 0.2) is 48.7 Å². The highest BCUT2D eigenvalue weighted by Crippen LogP contribution is 2.27. The molecule has 1 amide bonds. The van der Waals surface area contributed by atoms with Gasteiger partial charge in [0.25, 0.3) is 0 Å². The van der Waals surface area contributed by atoms with Crippen molar-refractivity contribution in [3.05, 3.63) is 65.9 Å². The molecule has 0 spiro atoms. The summed E-state index contributed by atoms with van der Waals surface area (Å²) in [5.74, 6) is 1.08. The van der Waals surface area contributed by atoms with Gasteiger partial charge in [-0.05, 0) is 44.1 Å². The molecule has 2 aromatic heterocycles. The number of carbonyl (C=O) groups is 1. The third-order valence-electron chi connectivity index (χ3n) is 5.44. The second-order valence-electron chi connectivity index (χ2n) is 7.38. The first-order valence-corrected chi connectivity index (χ1v) is 9.61. The molecule has 0 saturated carbocycles. The molecule has 6 nitrogen and oxygen atoms in total. The van der Waals surface area contributed by atoms with Crippen LogP contribution in [-0.2, 0) is 11.3 Å². The van der Waals surface area contributed by atoms with Crippen LogP contribution in [0.2, 0.25) is 0 Å². The van der Waals surface area contributed by atoms with E-state index in [1.165, 1.54) is 6.07 Å². The second kappa shape index (κ2) is 8.06. The van der Waals surface area contributed by atoms with E-state index in [1.807, 2.05) is 28.8 Å². The molecular weight excluding hydrogens is 357 g/mol. The molecule has 1 aromatic carbocycles. The SMILES string of the molecule is CN(Cc1ccccc1F)C(=O)CN1CCC(c2nnc3ccccn23)CC1. The Morgan fingerprint density at radius 2 is 1.89 bits per heavy atom. The van der Waals surface area contributed by atoms with Gasteiger partial charge in [-0.25, -0.2) is 4.39 Å². The Hall–Kier alpha value is -2.80. The molecule has 4 rings (SSSR count). The Bertz CT molecular complexity index is 964. The minimum atomic E-state index is -0.275. The summed E-state index contributed by atoms with van der Waals surface area (Å²) in [6.45, 7) is 2.32. The fourth-order valence-corrected chi connectivity index (χ4v) is 3.77. The van der Waals surface area contributed by atoms with Crippen molar-refractivity contribution in [2.24, 2.45) is 0 Å². The zero-order valence-electron chi connectivity index (χ0n) is 16.0. The van der Waals surface area contributed by atoms with Crippen LogP contribution >= 0.6 is 0 Å². The van der Waals surface area contributed by atoms with E-state index in [2.05, 4.69) is 15.1 Å². The van der Waals surface area contributed by atoms with Gasteiger partial charge in [-0.1, -0.05) is 24.3 Å². The zero-order chi connectivity index (χ0) is 19.5. The van der Waals surface area contributed by atoms with Crippen molar-refractivity contribution in [1.82, 2.24) is 24.4 Å². The Balaban J connectivity index is 1.31. The van der Waals surface area contributed by atoms with Crippen LogP contribution in [0.3, 0.4) is 0 Å². The maximum absolute atomic E-state index is 13.8. The van der Waals surface area contributed by atoms with Gasteiger partial charge in [-0.3, -0.25) is 14.1 Å². The minimum absolute atomic E-state index is 0.00892. The van der Waals surface area contributed by atoms with Crippen molar-refractivity contribution < 1.29 is 9.18 Å². The Morgan fingerprint density at radius 1 is 1.14 bits per heavy atom. The van der Waals surface area contributed by atoms with Crippen LogP contribution in [0.5, 0.6) is 0 Å². The van der Waals surface area contributed by atoms with E-state index in [1.54, 1.807) is 30.1 Å². The molecule has 3 aromatic rings. The van der Waals surface area contributed by atoms with E-state index in [4.69, 9.17) is 0 Å². The molecule has 28 heavy (non-hydrogen) atoms. The molecule has 1 aliphatic rings. The maximum Gasteiger partial charge on any atom is 0.236 e. The van der Waals surface area contributed by atoms with Gasteiger partial charge in [0.1, 0.15) is 11.6 Å². The molecule has 1 aliphatic heterocycles. The minimum Gasteiger partial charge on any atom is -0.340 e. The number of carbonyl (C=O) groups excluding carboxylic acids is 1. The van der Waals surface area contributed by atoms with Gasteiger partial charge in [0.05, 0.1) is 6.54 Å². The summed E-state index contributed by atoms with van der Waals surface area (Å²) in [6.07, 6.45) is 3.89. The van der Waals surface area contributed by atoms with Crippen LogP contribution in [0.25, 0.3) is 5.65 Å². The topological polar surface area (TPSA) is 53.7 Å². The Morgan fingerprint density at radius 3 is 2.68 bits per heavy atom. The van der Waals surface area contributed by atoms with E-state index in [0.717, 1.165) is 37.4 Å². The largest absolute Gasteiger partial charge is 0.340 e. The molecule has 1 saturated heterocycles. The monoisotopic (exact) mass is 381 g/mol. The van der Waals surface area contributed by atoms with E-state index in [9.17, 15) is 9.18 Å². The number of rotatable bonds is 5. The van der Waals surface area contributed by atoms with Gasteiger partial charge in [0.2, 0.25) is 5.91 Å². The Kier molecular flexibility index (Phi) is 5.34. The lowest BCUT2D eigenvalue weighted by Crippen LogP contribution is -2.41. The number of pyridine rings is 1. The number of piperidine rings is 1. The van der Waals surface area contributed by atoms with Crippen molar-refractivity contribution in [2.75, 3.05) is 26.7 Å². The molecule has 1 fully saturated rings. The molecule has 3 heterocycles. The number of benzene rings is 1. The van der Waals surface area contributed by atoms with E-state index >= 15 is 0 Å². The highest BCUT2D eigenvalue weighted by Gasteiger charge is 2.26. The molecular formula is C21H24FN5O.